The maximum atomic E-state index is 13.1. The van der Waals surface area contributed by atoms with Gasteiger partial charge in [-0.1, -0.05) is 6.42 Å². The second-order valence-electron chi connectivity index (χ2n) is 6.62. The molecule has 2 fully saturated rings. The van der Waals surface area contributed by atoms with E-state index in [1.54, 1.807) is 4.31 Å². The average molecular weight is 392 g/mol. The van der Waals surface area contributed by atoms with Crippen LogP contribution in [0.1, 0.15) is 25.7 Å². The lowest BCUT2D eigenvalue weighted by Crippen LogP contribution is -2.46. The van der Waals surface area contributed by atoms with Crippen LogP contribution in [0.4, 0.5) is 4.39 Å². The van der Waals surface area contributed by atoms with Crippen molar-refractivity contribution in [3.05, 3.63) is 30.1 Å². The van der Waals surface area contributed by atoms with Crippen LogP contribution < -0.4 is 5.32 Å². The molecule has 8 heteroatoms. The summed E-state index contributed by atoms with van der Waals surface area (Å²) in [5.74, 6) is -0.420. The lowest BCUT2D eigenvalue weighted by Gasteiger charge is -2.32. The standard InChI is InChI=1S/C17H26FN3O2S.ClH/c18-15-4-6-17(7-5-15)24(22,23)21(16-8-9-19-14-16)13-12-20-10-2-1-3-11-20;/h4-7,16,19H,1-3,8-14H2;1H. The van der Waals surface area contributed by atoms with Crippen LogP contribution in [0.2, 0.25) is 0 Å². The quantitative estimate of drug-likeness (QED) is 0.806. The Bertz CT molecular complexity index is 630. The van der Waals surface area contributed by atoms with Crippen LogP contribution in [0.15, 0.2) is 29.2 Å². The molecular formula is C17H27ClFN3O2S. The Labute approximate surface area is 156 Å². The summed E-state index contributed by atoms with van der Waals surface area (Å²) < 4.78 is 40.9. The van der Waals surface area contributed by atoms with Crippen molar-refractivity contribution in [2.75, 3.05) is 39.3 Å². The smallest absolute Gasteiger partial charge is 0.243 e. The molecule has 0 spiro atoms. The van der Waals surface area contributed by atoms with Crippen LogP contribution in [0.5, 0.6) is 0 Å². The molecule has 0 aromatic heterocycles. The van der Waals surface area contributed by atoms with E-state index in [4.69, 9.17) is 0 Å². The predicted molar refractivity (Wildman–Crippen MR) is 99.1 cm³/mol. The number of piperidine rings is 1. The van der Waals surface area contributed by atoms with Gasteiger partial charge in [-0.2, -0.15) is 4.31 Å². The van der Waals surface area contributed by atoms with E-state index >= 15 is 0 Å². The molecule has 0 saturated carbocycles. The highest BCUT2D eigenvalue weighted by molar-refractivity contribution is 7.89. The number of likely N-dealkylation sites (tertiary alicyclic amines) is 1. The van der Waals surface area contributed by atoms with Crippen molar-refractivity contribution in [1.29, 1.82) is 0 Å². The number of nitrogens with zero attached hydrogens (tertiary/aromatic N) is 2. The van der Waals surface area contributed by atoms with Gasteiger partial charge in [0.2, 0.25) is 10.0 Å². The molecule has 1 aromatic carbocycles. The number of sulfonamides is 1. The molecule has 1 aromatic rings. The number of halogens is 2. The molecule has 2 aliphatic heterocycles. The molecule has 25 heavy (non-hydrogen) atoms. The maximum Gasteiger partial charge on any atom is 0.243 e. The number of benzene rings is 1. The molecule has 1 N–H and O–H groups in total. The molecule has 0 amide bonds. The Morgan fingerprint density at radius 3 is 2.44 bits per heavy atom. The Morgan fingerprint density at radius 2 is 1.84 bits per heavy atom. The minimum atomic E-state index is -3.60. The van der Waals surface area contributed by atoms with Crippen molar-refractivity contribution >= 4 is 22.4 Å². The first-order valence-corrected chi connectivity index (χ1v) is 10.2. The third-order valence-electron chi connectivity index (χ3n) is 4.95. The zero-order valence-electron chi connectivity index (χ0n) is 14.4. The molecule has 2 aliphatic rings. The van der Waals surface area contributed by atoms with E-state index in [0.717, 1.165) is 32.6 Å². The summed E-state index contributed by atoms with van der Waals surface area (Å²) in [6.07, 6.45) is 4.46. The summed E-state index contributed by atoms with van der Waals surface area (Å²) in [6, 6.07) is 5.12. The monoisotopic (exact) mass is 391 g/mol. The fourth-order valence-electron chi connectivity index (χ4n) is 3.55. The molecule has 0 aliphatic carbocycles. The first-order chi connectivity index (χ1) is 11.6. The predicted octanol–water partition coefficient (Wildman–Crippen LogP) is 2.09. The maximum absolute atomic E-state index is 13.1. The van der Waals surface area contributed by atoms with Crippen LogP contribution >= 0.6 is 12.4 Å². The van der Waals surface area contributed by atoms with Gasteiger partial charge in [0.1, 0.15) is 5.82 Å². The second kappa shape index (κ2) is 9.28. The summed E-state index contributed by atoms with van der Waals surface area (Å²) >= 11 is 0. The molecule has 0 bridgehead atoms. The van der Waals surface area contributed by atoms with Gasteiger partial charge >= 0.3 is 0 Å². The topological polar surface area (TPSA) is 52.7 Å². The van der Waals surface area contributed by atoms with Crippen molar-refractivity contribution in [3.8, 4) is 0 Å². The van der Waals surface area contributed by atoms with Gasteiger partial charge in [0.25, 0.3) is 0 Å². The van der Waals surface area contributed by atoms with Crippen molar-refractivity contribution in [3.63, 3.8) is 0 Å². The van der Waals surface area contributed by atoms with E-state index in [9.17, 15) is 12.8 Å². The highest BCUT2D eigenvalue weighted by atomic mass is 35.5. The van der Waals surface area contributed by atoms with E-state index in [2.05, 4.69) is 10.2 Å². The molecule has 2 heterocycles. The first kappa shape index (κ1) is 20.6. The van der Waals surface area contributed by atoms with Gasteiger partial charge in [-0.15, -0.1) is 12.4 Å². The van der Waals surface area contributed by atoms with E-state index in [-0.39, 0.29) is 23.3 Å². The second-order valence-corrected chi connectivity index (χ2v) is 8.51. The molecule has 0 radical (unpaired) electrons. The van der Waals surface area contributed by atoms with Gasteiger partial charge in [0, 0.05) is 25.7 Å². The van der Waals surface area contributed by atoms with E-state index < -0.39 is 15.8 Å². The summed E-state index contributed by atoms with van der Waals surface area (Å²) in [6.45, 7) is 4.87. The van der Waals surface area contributed by atoms with Crippen LogP contribution in [-0.4, -0.2) is 62.9 Å². The zero-order valence-corrected chi connectivity index (χ0v) is 16.0. The molecule has 1 atom stereocenters. The van der Waals surface area contributed by atoms with E-state index in [1.807, 2.05) is 0 Å². The Morgan fingerprint density at radius 1 is 1.16 bits per heavy atom. The van der Waals surface area contributed by atoms with Gasteiger partial charge in [-0.05, 0) is 63.2 Å². The SMILES string of the molecule is Cl.O=S(=O)(c1ccc(F)cc1)N(CCN1CCCCC1)C1CCNC1. The molecule has 5 nitrogen and oxygen atoms in total. The lowest BCUT2D eigenvalue weighted by molar-refractivity contribution is 0.202. The average Bonchev–Trinajstić information content (AvgIpc) is 3.10. The Kier molecular flexibility index (Phi) is 7.64. The van der Waals surface area contributed by atoms with Gasteiger partial charge in [0.15, 0.2) is 0 Å². The largest absolute Gasteiger partial charge is 0.315 e. The fraction of sp³-hybridized carbons (Fsp3) is 0.647. The zero-order chi connectivity index (χ0) is 17.0. The third-order valence-corrected chi connectivity index (χ3v) is 6.91. The third kappa shape index (κ3) is 5.14. The minimum absolute atomic E-state index is 0. The van der Waals surface area contributed by atoms with Gasteiger partial charge in [-0.25, -0.2) is 12.8 Å². The van der Waals surface area contributed by atoms with E-state index in [1.165, 1.54) is 43.5 Å². The van der Waals surface area contributed by atoms with Gasteiger partial charge in [0.05, 0.1) is 4.90 Å². The number of nitrogens with one attached hydrogen (secondary N) is 1. The summed E-state index contributed by atoms with van der Waals surface area (Å²) in [5.41, 5.74) is 0. The summed E-state index contributed by atoms with van der Waals surface area (Å²) in [7, 11) is -3.60. The summed E-state index contributed by atoms with van der Waals surface area (Å²) in [4.78, 5) is 2.52. The molecule has 1 unspecified atom stereocenters. The lowest BCUT2D eigenvalue weighted by atomic mass is 10.1. The highest BCUT2D eigenvalue weighted by Crippen LogP contribution is 2.22. The molecule has 3 rings (SSSR count). The van der Waals surface area contributed by atoms with Crippen molar-refractivity contribution in [1.82, 2.24) is 14.5 Å². The van der Waals surface area contributed by atoms with Crippen LogP contribution in [0.25, 0.3) is 0 Å². The minimum Gasteiger partial charge on any atom is -0.315 e. The number of rotatable bonds is 6. The van der Waals surface area contributed by atoms with Crippen molar-refractivity contribution in [2.45, 2.75) is 36.6 Å². The molecular weight excluding hydrogens is 365 g/mol. The van der Waals surface area contributed by atoms with Gasteiger partial charge < -0.3 is 10.2 Å². The Hall–Kier alpha value is -0.730. The Balaban J connectivity index is 0.00000225. The van der Waals surface area contributed by atoms with Crippen LogP contribution in [0, 0.1) is 5.82 Å². The molecule has 142 valence electrons. The highest BCUT2D eigenvalue weighted by Gasteiger charge is 2.33. The fourth-order valence-corrected chi connectivity index (χ4v) is 5.19. The van der Waals surface area contributed by atoms with Crippen molar-refractivity contribution < 1.29 is 12.8 Å². The van der Waals surface area contributed by atoms with E-state index in [0.29, 0.717) is 13.1 Å². The first-order valence-electron chi connectivity index (χ1n) is 8.78. The van der Waals surface area contributed by atoms with Crippen LogP contribution in [-0.2, 0) is 10.0 Å². The van der Waals surface area contributed by atoms with Crippen LogP contribution in [0.3, 0.4) is 0 Å². The molecule has 2 saturated heterocycles. The summed E-state index contributed by atoms with van der Waals surface area (Å²) in [5, 5.41) is 3.24. The number of hydrogen-bond donors (Lipinski definition) is 1. The normalized spacial score (nSPS) is 22.1. The van der Waals surface area contributed by atoms with Gasteiger partial charge in [-0.3, -0.25) is 0 Å². The number of hydrogen-bond acceptors (Lipinski definition) is 4. The van der Waals surface area contributed by atoms with Crippen molar-refractivity contribution in [2.24, 2.45) is 0 Å².